The van der Waals surface area contributed by atoms with E-state index in [-0.39, 0.29) is 11.6 Å². The summed E-state index contributed by atoms with van der Waals surface area (Å²) in [6.07, 6.45) is 0.954. The molecule has 2 nitrogen and oxygen atoms in total. The molecule has 0 amide bonds. The third kappa shape index (κ3) is 3.18. The summed E-state index contributed by atoms with van der Waals surface area (Å²) in [5.74, 6) is 0.995. The van der Waals surface area contributed by atoms with Crippen LogP contribution in [0.3, 0.4) is 0 Å². The van der Waals surface area contributed by atoms with E-state index in [0.29, 0.717) is 0 Å². The highest BCUT2D eigenvalue weighted by molar-refractivity contribution is 14.1. The molecule has 0 aliphatic carbocycles. The van der Waals surface area contributed by atoms with Crippen LogP contribution in [0.1, 0.15) is 37.4 Å². The van der Waals surface area contributed by atoms with Gasteiger partial charge in [-0.1, -0.05) is 18.2 Å². The van der Waals surface area contributed by atoms with Gasteiger partial charge in [0.15, 0.2) is 0 Å². The summed E-state index contributed by atoms with van der Waals surface area (Å²) >= 11 is 2.35. The SMILES string of the molecule is Cc1cc(I)ccc1NC1CC(C)(C)Oc2ccccc21. The zero-order valence-corrected chi connectivity index (χ0v) is 14.8. The van der Waals surface area contributed by atoms with Crippen molar-refractivity contribution >= 4 is 28.3 Å². The Morgan fingerprint density at radius 2 is 1.95 bits per heavy atom. The van der Waals surface area contributed by atoms with Crippen molar-refractivity contribution in [2.45, 2.75) is 38.8 Å². The molecule has 0 saturated heterocycles. The van der Waals surface area contributed by atoms with Crippen molar-refractivity contribution in [1.82, 2.24) is 0 Å². The van der Waals surface area contributed by atoms with Gasteiger partial charge in [0.05, 0.1) is 6.04 Å². The van der Waals surface area contributed by atoms with Crippen LogP contribution in [0.5, 0.6) is 5.75 Å². The van der Waals surface area contributed by atoms with Crippen LogP contribution in [0.25, 0.3) is 0 Å². The molecule has 0 spiro atoms. The van der Waals surface area contributed by atoms with Gasteiger partial charge in [0.25, 0.3) is 0 Å². The molecular formula is C18H20INO. The van der Waals surface area contributed by atoms with E-state index in [0.717, 1.165) is 12.2 Å². The molecule has 0 saturated carbocycles. The minimum absolute atomic E-state index is 0.150. The van der Waals surface area contributed by atoms with E-state index >= 15 is 0 Å². The average molecular weight is 393 g/mol. The van der Waals surface area contributed by atoms with Crippen molar-refractivity contribution < 1.29 is 4.74 Å². The summed E-state index contributed by atoms with van der Waals surface area (Å²) in [5, 5.41) is 3.70. The van der Waals surface area contributed by atoms with Crippen molar-refractivity contribution in [3.8, 4) is 5.75 Å². The maximum absolute atomic E-state index is 6.10. The second-order valence-corrected chi connectivity index (χ2v) is 7.51. The van der Waals surface area contributed by atoms with E-state index < -0.39 is 0 Å². The number of nitrogens with one attached hydrogen (secondary N) is 1. The highest BCUT2D eigenvalue weighted by Crippen LogP contribution is 2.41. The summed E-state index contributed by atoms with van der Waals surface area (Å²) in [7, 11) is 0. The lowest BCUT2D eigenvalue weighted by Crippen LogP contribution is -2.37. The molecule has 2 aromatic carbocycles. The third-order valence-corrected chi connectivity index (χ3v) is 4.57. The Bertz CT molecular complexity index is 666. The third-order valence-electron chi connectivity index (χ3n) is 3.89. The molecule has 1 unspecified atom stereocenters. The maximum Gasteiger partial charge on any atom is 0.125 e. The first-order valence-corrected chi connectivity index (χ1v) is 8.33. The number of anilines is 1. The molecule has 1 N–H and O–H groups in total. The first kappa shape index (κ1) is 14.7. The Balaban J connectivity index is 1.94. The lowest BCUT2D eigenvalue weighted by atomic mass is 9.89. The summed E-state index contributed by atoms with van der Waals surface area (Å²) < 4.78 is 7.36. The maximum atomic E-state index is 6.10. The van der Waals surface area contributed by atoms with Crippen molar-refractivity contribution in [3.63, 3.8) is 0 Å². The first-order chi connectivity index (χ1) is 9.94. The number of para-hydroxylation sites is 1. The number of aryl methyl sites for hydroxylation is 1. The van der Waals surface area contributed by atoms with Crippen LogP contribution in [0.2, 0.25) is 0 Å². The molecule has 110 valence electrons. The smallest absolute Gasteiger partial charge is 0.125 e. The van der Waals surface area contributed by atoms with Gasteiger partial charge in [-0.3, -0.25) is 0 Å². The normalized spacial score (nSPS) is 19.5. The largest absolute Gasteiger partial charge is 0.487 e. The van der Waals surface area contributed by atoms with Gasteiger partial charge in [0, 0.05) is 21.2 Å². The fourth-order valence-corrected chi connectivity index (χ4v) is 3.55. The predicted octanol–water partition coefficient (Wildman–Crippen LogP) is 5.31. The molecular weight excluding hydrogens is 373 g/mol. The number of hydrogen-bond donors (Lipinski definition) is 1. The zero-order chi connectivity index (χ0) is 15.0. The first-order valence-electron chi connectivity index (χ1n) is 7.25. The van der Waals surface area contributed by atoms with Crippen molar-refractivity contribution in [3.05, 3.63) is 57.2 Å². The minimum atomic E-state index is -0.150. The molecule has 2 aromatic rings. The Morgan fingerprint density at radius 1 is 1.19 bits per heavy atom. The fourth-order valence-electron chi connectivity index (χ4n) is 2.91. The van der Waals surface area contributed by atoms with Gasteiger partial charge in [-0.25, -0.2) is 0 Å². The van der Waals surface area contributed by atoms with E-state index in [1.807, 2.05) is 6.07 Å². The van der Waals surface area contributed by atoms with Crippen LogP contribution in [0.4, 0.5) is 5.69 Å². The number of benzene rings is 2. The molecule has 0 radical (unpaired) electrons. The van der Waals surface area contributed by atoms with Crippen LogP contribution in [-0.4, -0.2) is 5.60 Å². The quantitative estimate of drug-likeness (QED) is 0.698. The van der Waals surface area contributed by atoms with E-state index in [9.17, 15) is 0 Å². The van der Waals surface area contributed by atoms with Crippen molar-refractivity contribution in [2.24, 2.45) is 0 Å². The molecule has 1 aliphatic heterocycles. The lowest BCUT2D eigenvalue weighted by Gasteiger charge is -2.38. The molecule has 21 heavy (non-hydrogen) atoms. The number of hydrogen-bond acceptors (Lipinski definition) is 2. The summed E-state index contributed by atoms with van der Waals surface area (Å²) in [4.78, 5) is 0. The van der Waals surface area contributed by atoms with Gasteiger partial charge < -0.3 is 10.1 Å². The van der Waals surface area contributed by atoms with Crippen LogP contribution in [-0.2, 0) is 0 Å². The topological polar surface area (TPSA) is 21.3 Å². The zero-order valence-electron chi connectivity index (χ0n) is 12.6. The summed E-state index contributed by atoms with van der Waals surface area (Å²) in [6, 6.07) is 15.1. The second kappa shape index (κ2) is 5.52. The molecule has 0 fully saturated rings. The Labute approximate surface area is 140 Å². The van der Waals surface area contributed by atoms with E-state index in [1.165, 1.54) is 20.4 Å². The van der Waals surface area contributed by atoms with Crippen molar-refractivity contribution in [1.29, 1.82) is 0 Å². The van der Waals surface area contributed by atoms with Gasteiger partial charge in [0.2, 0.25) is 0 Å². The fraction of sp³-hybridized carbons (Fsp3) is 0.333. The standard InChI is InChI=1S/C18H20INO/c1-12-10-13(19)8-9-15(12)20-16-11-18(2,3)21-17-7-5-4-6-14(16)17/h4-10,16,20H,11H2,1-3H3. The van der Waals surface area contributed by atoms with E-state index in [1.54, 1.807) is 0 Å². The molecule has 1 atom stereocenters. The number of ether oxygens (including phenoxy) is 1. The van der Waals surface area contributed by atoms with E-state index in [2.05, 4.69) is 85.1 Å². The summed E-state index contributed by atoms with van der Waals surface area (Å²) in [6.45, 7) is 6.46. The van der Waals surface area contributed by atoms with Gasteiger partial charge in [-0.05, 0) is 73.2 Å². The number of rotatable bonds is 2. The number of halogens is 1. The number of fused-ring (bicyclic) bond motifs is 1. The molecule has 1 heterocycles. The average Bonchev–Trinajstić information content (AvgIpc) is 2.40. The van der Waals surface area contributed by atoms with E-state index in [4.69, 9.17) is 4.74 Å². The van der Waals surface area contributed by atoms with Crippen LogP contribution in [0.15, 0.2) is 42.5 Å². The van der Waals surface area contributed by atoms with Gasteiger partial charge in [-0.15, -0.1) is 0 Å². The minimum Gasteiger partial charge on any atom is -0.487 e. The molecule has 3 rings (SSSR count). The van der Waals surface area contributed by atoms with Gasteiger partial charge >= 0.3 is 0 Å². The Morgan fingerprint density at radius 3 is 2.71 bits per heavy atom. The van der Waals surface area contributed by atoms with Crippen LogP contribution < -0.4 is 10.1 Å². The van der Waals surface area contributed by atoms with Gasteiger partial charge in [-0.2, -0.15) is 0 Å². The second-order valence-electron chi connectivity index (χ2n) is 6.26. The van der Waals surface area contributed by atoms with Crippen molar-refractivity contribution in [2.75, 3.05) is 5.32 Å². The highest BCUT2D eigenvalue weighted by atomic mass is 127. The highest BCUT2D eigenvalue weighted by Gasteiger charge is 2.33. The van der Waals surface area contributed by atoms with Crippen LogP contribution >= 0.6 is 22.6 Å². The predicted molar refractivity (Wildman–Crippen MR) is 96.0 cm³/mol. The molecule has 0 bridgehead atoms. The molecule has 1 aliphatic rings. The lowest BCUT2D eigenvalue weighted by molar-refractivity contribution is 0.0759. The Hall–Kier alpha value is -1.23. The van der Waals surface area contributed by atoms with Crippen LogP contribution in [0, 0.1) is 10.5 Å². The molecule has 3 heteroatoms. The monoisotopic (exact) mass is 393 g/mol. The van der Waals surface area contributed by atoms with Gasteiger partial charge in [0.1, 0.15) is 11.4 Å². The molecule has 0 aromatic heterocycles. The summed E-state index contributed by atoms with van der Waals surface area (Å²) in [5.41, 5.74) is 3.58. The Kier molecular flexibility index (Phi) is 3.86.